The van der Waals surface area contributed by atoms with Crippen molar-refractivity contribution in [2.75, 3.05) is 24.6 Å². The van der Waals surface area contributed by atoms with Gasteiger partial charge in [0.2, 0.25) is 5.91 Å². The second-order valence-corrected chi connectivity index (χ2v) is 5.37. The summed E-state index contributed by atoms with van der Waals surface area (Å²) in [5.41, 5.74) is 5.34. The number of ether oxygens (including phenoxy) is 1. The maximum atomic E-state index is 11.1. The second kappa shape index (κ2) is 5.35. The fourth-order valence-corrected chi connectivity index (χ4v) is 2.41. The molecular weight excluding hydrogens is 266 g/mol. The molecular formula is C13H18ClN3O2. The highest BCUT2D eigenvalue weighted by Crippen LogP contribution is 2.29. The van der Waals surface area contributed by atoms with Crippen molar-refractivity contribution in [2.45, 2.75) is 25.9 Å². The number of nitrogens with two attached hydrogens (primary N) is 1. The van der Waals surface area contributed by atoms with Crippen LogP contribution in [0.15, 0.2) is 12.3 Å². The van der Waals surface area contributed by atoms with E-state index in [2.05, 4.69) is 23.7 Å². The van der Waals surface area contributed by atoms with Crippen LogP contribution in [0.25, 0.3) is 0 Å². The second-order valence-electron chi connectivity index (χ2n) is 4.97. The normalized spacial score (nSPS) is 23.4. The molecule has 2 rings (SSSR count). The van der Waals surface area contributed by atoms with E-state index >= 15 is 0 Å². The molecule has 1 amide bonds. The number of halogens is 1. The summed E-state index contributed by atoms with van der Waals surface area (Å²) >= 11 is 6.19. The highest BCUT2D eigenvalue weighted by Gasteiger charge is 2.31. The van der Waals surface area contributed by atoms with Crippen molar-refractivity contribution < 1.29 is 9.53 Å². The third-order valence-corrected chi connectivity index (χ3v) is 3.77. The Hall–Kier alpha value is -1.33. The maximum absolute atomic E-state index is 11.1. The van der Waals surface area contributed by atoms with E-state index in [0.717, 1.165) is 19.5 Å². The molecule has 0 bridgehead atoms. The highest BCUT2D eigenvalue weighted by atomic mass is 35.5. The summed E-state index contributed by atoms with van der Waals surface area (Å²) in [6.07, 6.45) is 2.38. The van der Waals surface area contributed by atoms with Crippen LogP contribution < -0.4 is 10.6 Å². The molecule has 0 saturated carbocycles. The van der Waals surface area contributed by atoms with Crippen molar-refractivity contribution in [2.24, 2.45) is 5.73 Å². The van der Waals surface area contributed by atoms with Crippen LogP contribution in [0.3, 0.4) is 0 Å². The predicted molar refractivity (Wildman–Crippen MR) is 74.6 cm³/mol. The predicted octanol–water partition coefficient (Wildman–Crippen LogP) is 1.84. The summed E-state index contributed by atoms with van der Waals surface area (Å²) in [5, 5.41) is 0.441. The molecule has 1 aromatic heterocycles. The summed E-state index contributed by atoms with van der Waals surface area (Å²) in [5.74, 6) is 0.149. The van der Waals surface area contributed by atoms with Crippen LogP contribution in [0, 0.1) is 0 Å². The molecule has 2 N–H and O–H groups in total. The number of aromatic nitrogens is 1. The summed E-state index contributed by atoms with van der Waals surface area (Å²) in [4.78, 5) is 17.4. The summed E-state index contributed by atoms with van der Waals surface area (Å²) in [6, 6.07) is 1.56. The molecule has 1 aliphatic heterocycles. The maximum Gasteiger partial charge on any atom is 0.250 e. The first-order chi connectivity index (χ1) is 8.95. The fraction of sp³-hybridized carbons (Fsp3) is 0.538. The number of anilines is 1. The van der Waals surface area contributed by atoms with Gasteiger partial charge in [-0.15, -0.1) is 0 Å². The standard InChI is InChI=1S/C13H18ClN3O2/c1-3-13(2)8-17(4-5-19-13)12-10(14)6-9(7-16-12)11(15)18/h6-7H,3-5,8H2,1-2H3,(H2,15,18). The topological polar surface area (TPSA) is 68.5 Å². The summed E-state index contributed by atoms with van der Waals surface area (Å²) in [6.45, 7) is 6.27. The number of rotatable bonds is 3. The van der Waals surface area contributed by atoms with Crippen LogP contribution >= 0.6 is 11.6 Å². The number of carbonyl (C=O) groups is 1. The third-order valence-electron chi connectivity index (χ3n) is 3.49. The Labute approximate surface area is 117 Å². The lowest BCUT2D eigenvalue weighted by Crippen LogP contribution is -2.50. The Balaban J connectivity index is 2.24. The van der Waals surface area contributed by atoms with Gasteiger partial charge in [-0.3, -0.25) is 4.79 Å². The molecule has 1 aliphatic rings. The van der Waals surface area contributed by atoms with Crippen LogP contribution in [-0.2, 0) is 4.74 Å². The Kier molecular flexibility index (Phi) is 3.96. The molecule has 1 saturated heterocycles. The van der Waals surface area contributed by atoms with E-state index in [0.29, 0.717) is 23.0 Å². The molecule has 1 fully saturated rings. The van der Waals surface area contributed by atoms with E-state index < -0.39 is 5.91 Å². The van der Waals surface area contributed by atoms with Gasteiger partial charge in [-0.25, -0.2) is 4.98 Å². The first-order valence-electron chi connectivity index (χ1n) is 6.29. The average molecular weight is 284 g/mol. The Bertz CT molecular complexity index is 495. The zero-order valence-electron chi connectivity index (χ0n) is 11.1. The van der Waals surface area contributed by atoms with Crippen molar-refractivity contribution in [3.05, 3.63) is 22.8 Å². The molecule has 0 spiro atoms. The minimum absolute atomic E-state index is 0.189. The largest absolute Gasteiger partial charge is 0.372 e. The minimum Gasteiger partial charge on any atom is -0.372 e. The number of amides is 1. The smallest absolute Gasteiger partial charge is 0.250 e. The van der Waals surface area contributed by atoms with E-state index in [1.165, 1.54) is 6.20 Å². The van der Waals surface area contributed by atoms with Crippen molar-refractivity contribution >= 4 is 23.3 Å². The fourth-order valence-electron chi connectivity index (χ4n) is 2.12. The van der Waals surface area contributed by atoms with Gasteiger partial charge in [-0.2, -0.15) is 0 Å². The quantitative estimate of drug-likeness (QED) is 0.919. The molecule has 5 nitrogen and oxygen atoms in total. The Morgan fingerprint density at radius 2 is 2.42 bits per heavy atom. The summed E-state index contributed by atoms with van der Waals surface area (Å²) in [7, 11) is 0. The third kappa shape index (κ3) is 2.98. The van der Waals surface area contributed by atoms with Crippen LogP contribution in [-0.4, -0.2) is 36.2 Å². The van der Waals surface area contributed by atoms with Crippen LogP contribution in [0.1, 0.15) is 30.6 Å². The summed E-state index contributed by atoms with van der Waals surface area (Å²) < 4.78 is 5.78. The SMILES string of the molecule is CCC1(C)CN(c2ncc(C(N)=O)cc2Cl)CCO1. The monoisotopic (exact) mass is 283 g/mol. The number of hydrogen-bond donors (Lipinski definition) is 1. The lowest BCUT2D eigenvalue weighted by atomic mass is 10.0. The minimum atomic E-state index is -0.527. The first-order valence-corrected chi connectivity index (χ1v) is 6.67. The number of primary amides is 1. The van der Waals surface area contributed by atoms with E-state index in [1.54, 1.807) is 6.07 Å². The molecule has 0 aliphatic carbocycles. The van der Waals surface area contributed by atoms with Gasteiger partial charge in [-0.1, -0.05) is 18.5 Å². The number of nitrogens with zero attached hydrogens (tertiary/aromatic N) is 2. The van der Waals surface area contributed by atoms with Gasteiger partial charge < -0.3 is 15.4 Å². The van der Waals surface area contributed by atoms with Gasteiger partial charge >= 0.3 is 0 Å². The lowest BCUT2D eigenvalue weighted by Gasteiger charge is -2.40. The van der Waals surface area contributed by atoms with Gasteiger partial charge in [0.25, 0.3) is 0 Å². The number of pyridine rings is 1. The van der Waals surface area contributed by atoms with Crippen LogP contribution in [0.5, 0.6) is 0 Å². The molecule has 0 aromatic carbocycles. The molecule has 1 atom stereocenters. The zero-order chi connectivity index (χ0) is 14.0. The van der Waals surface area contributed by atoms with Crippen molar-refractivity contribution in [3.63, 3.8) is 0 Å². The lowest BCUT2D eigenvalue weighted by molar-refractivity contribution is -0.0443. The van der Waals surface area contributed by atoms with E-state index in [1.807, 2.05) is 0 Å². The van der Waals surface area contributed by atoms with Gasteiger partial charge in [0, 0.05) is 19.3 Å². The molecule has 0 radical (unpaired) electrons. The molecule has 1 unspecified atom stereocenters. The molecule has 19 heavy (non-hydrogen) atoms. The first kappa shape index (κ1) is 14.1. The zero-order valence-corrected chi connectivity index (χ0v) is 11.9. The number of morpholine rings is 1. The van der Waals surface area contributed by atoms with Gasteiger partial charge in [0.05, 0.1) is 22.8 Å². The Morgan fingerprint density at radius 1 is 1.68 bits per heavy atom. The van der Waals surface area contributed by atoms with Gasteiger partial charge in [-0.05, 0) is 19.4 Å². The highest BCUT2D eigenvalue weighted by molar-refractivity contribution is 6.33. The van der Waals surface area contributed by atoms with Crippen molar-refractivity contribution in [3.8, 4) is 0 Å². The Morgan fingerprint density at radius 3 is 3.00 bits per heavy atom. The molecule has 2 heterocycles. The molecule has 1 aromatic rings. The number of hydrogen-bond acceptors (Lipinski definition) is 4. The molecule has 6 heteroatoms. The van der Waals surface area contributed by atoms with E-state index in [-0.39, 0.29) is 5.60 Å². The number of carbonyl (C=O) groups excluding carboxylic acids is 1. The van der Waals surface area contributed by atoms with Crippen LogP contribution in [0.4, 0.5) is 5.82 Å². The van der Waals surface area contributed by atoms with Crippen LogP contribution in [0.2, 0.25) is 5.02 Å². The van der Waals surface area contributed by atoms with Gasteiger partial charge in [0.1, 0.15) is 5.82 Å². The van der Waals surface area contributed by atoms with E-state index in [9.17, 15) is 4.79 Å². The van der Waals surface area contributed by atoms with E-state index in [4.69, 9.17) is 22.1 Å². The molecule has 104 valence electrons. The van der Waals surface area contributed by atoms with Gasteiger partial charge in [0.15, 0.2) is 0 Å². The average Bonchev–Trinajstić information content (AvgIpc) is 2.38. The van der Waals surface area contributed by atoms with Crippen molar-refractivity contribution in [1.29, 1.82) is 0 Å². The van der Waals surface area contributed by atoms with Crippen molar-refractivity contribution in [1.82, 2.24) is 4.98 Å².